The number of nitrogens with two attached hydrogens (primary N) is 1. The van der Waals surface area contributed by atoms with Gasteiger partial charge in [0.05, 0.1) is 18.2 Å². The molecule has 2 N–H and O–H groups in total. The summed E-state index contributed by atoms with van der Waals surface area (Å²) in [6, 6.07) is 5.51. The average molecular weight is 204 g/mol. The molecule has 1 aromatic rings. The number of esters is 1. The number of ether oxygens (including phenoxy) is 1. The van der Waals surface area contributed by atoms with Gasteiger partial charge in [0, 0.05) is 6.54 Å². The molecule has 0 aliphatic carbocycles. The zero-order chi connectivity index (χ0) is 11.4. The molecule has 15 heavy (non-hydrogen) atoms. The first-order valence-corrected chi connectivity index (χ1v) is 4.46. The van der Waals surface area contributed by atoms with E-state index in [1.54, 1.807) is 19.1 Å². The maximum atomic E-state index is 11.5. The molecule has 0 saturated carbocycles. The quantitative estimate of drug-likeness (QED) is 0.732. The fourth-order valence-electron chi connectivity index (χ4n) is 1.40. The number of nitrogens with zero attached hydrogens (tertiary/aromatic N) is 1. The lowest BCUT2D eigenvalue weighted by Crippen LogP contribution is -2.12. The van der Waals surface area contributed by atoms with Crippen molar-refractivity contribution in [2.45, 2.75) is 13.5 Å². The zero-order valence-electron chi connectivity index (χ0n) is 8.70. The van der Waals surface area contributed by atoms with Crippen LogP contribution in [0.1, 0.15) is 27.0 Å². The van der Waals surface area contributed by atoms with Crippen LogP contribution >= 0.6 is 0 Å². The molecule has 4 nitrogen and oxygen atoms in total. The summed E-state index contributed by atoms with van der Waals surface area (Å²) >= 11 is 0. The smallest absolute Gasteiger partial charge is 0.339 e. The van der Waals surface area contributed by atoms with Gasteiger partial charge >= 0.3 is 5.97 Å². The van der Waals surface area contributed by atoms with Gasteiger partial charge in [-0.15, -0.1) is 0 Å². The van der Waals surface area contributed by atoms with Crippen LogP contribution < -0.4 is 5.73 Å². The summed E-state index contributed by atoms with van der Waals surface area (Å²) in [5, 5.41) is 8.97. The predicted octanol–water partition coefficient (Wildman–Crippen LogP) is 1.11. The molecule has 0 spiro atoms. The van der Waals surface area contributed by atoms with Gasteiger partial charge in [0.2, 0.25) is 0 Å². The molecular formula is C11H12N2O2. The van der Waals surface area contributed by atoms with E-state index in [4.69, 9.17) is 11.0 Å². The lowest BCUT2D eigenvalue weighted by atomic mass is 9.97. The average Bonchev–Trinajstić information content (AvgIpc) is 2.27. The second-order valence-corrected chi connectivity index (χ2v) is 3.10. The third-order valence-electron chi connectivity index (χ3n) is 2.22. The van der Waals surface area contributed by atoms with Crippen LogP contribution in [0.3, 0.4) is 0 Å². The molecule has 0 aliphatic heterocycles. The fourth-order valence-corrected chi connectivity index (χ4v) is 1.40. The molecule has 1 rings (SSSR count). The third kappa shape index (κ3) is 1.97. The van der Waals surface area contributed by atoms with E-state index in [-0.39, 0.29) is 12.1 Å². The number of carbonyl (C=O) groups excluding carboxylic acids is 1. The largest absolute Gasteiger partial charge is 0.465 e. The van der Waals surface area contributed by atoms with Gasteiger partial charge in [-0.3, -0.25) is 0 Å². The fraction of sp³-hybridized carbons (Fsp3) is 0.273. The molecule has 0 bridgehead atoms. The summed E-state index contributed by atoms with van der Waals surface area (Å²) in [4.78, 5) is 11.5. The molecule has 0 saturated heterocycles. The summed E-state index contributed by atoms with van der Waals surface area (Å²) in [7, 11) is 1.28. The Balaban J connectivity index is 3.49. The maximum absolute atomic E-state index is 11.5. The van der Waals surface area contributed by atoms with Gasteiger partial charge in [0.1, 0.15) is 6.07 Å². The zero-order valence-corrected chi connectivity index (χ0v) is 8.70. The SMILES string of the molecule is COC(=O)c1c(CN)ccc(C)c1C#N. The molecule has 0 atom stereocenters. The van der Waals surface area contributed by atoms with Crippen molar-refractivity contribution in [3.05, 3.63) is 34.4 Å². The number of methoxy groups -OCH3 is 1. The van der Waals surface area contributed by atoms with E-state index in [0.717, 1.165) is 5.56 Å². The molecule has 0 aliphatic rings. The number of aryl methyl sites for hydroxylation is 1. The number of nitriles is 1. The van der Waals surface area contributed by atoms with Crippen LogP contribution in [0.2, 0.25) is 0 Å². The highest BCUT2D eigenvalue weighted by Crippen LogP contribution is 2.19. The van der Waals surface area contributed by atoms with Crippen molar-refractivity contribution >= 4 is 5.97 Å². The van der Waals surface area contributed by atoms with Gasteiger partial charge in [-0.05, 0) is 18.1 Å². The number of hydrogen-bond acceptors (Lipinski definition) is 4. The van der Waals surface area contributed by atoms with Gasteiger partial charge in [0.25, 0.3) is 0 Å². The van der Waals surface area contributed by atoms with Crippen LogP contribution in [0.25, 0.3) is 0 Å². The van der Waals surface area contributed by atoms with Crippen LogP contribution in [-0.4, -0.2) is 13.1 Å². The van der Waals surface area contributed by atoms with Crippen molar-refractivity contribution in [1.29, 1.82) is 5.26 Å². The molecule has 0 heterocycles. The summed E-state index contributed by atoms with van der Waals surface area (Å²) in [5.74, 6) is -0.518. The van der Waals surface area contributed by atoms with E-state index in [0.29, 0.717) is 11.1 Å². The Morgan fingerprint density at radius 3 is 2.73 bits per heavy atom. The first kappa shape index (κ1) is 11.2. The topological polar surface area (TPSA) is 76.1 Å². The minimum absolute atomic E-state index is 0.208. The highest BCUT2D eigenvalue weighted by molar-refractivity contribution is 5.94. The Hall–Kier alpha value is -1.86. The number of hydrogen-bond donors (Lipinski definition) is 1. The van der Waals surface area contributed by atoms with Gasteiger partial charge in [0.15, 0.2) is 0 Å². The number of carbonyl (C=O) groups is 1. The first-order chi connectivity index (χ1) is 7.15. The van der Waals surface area contributed by atoms with Crippen molar-refractivity contribution in [2.75, 3.05) is 7.11 Å². The maximum Gasteiger partial charge on any atom is 0.339 e. The van der Waals surface area contributed by atoms with Crippen molar-refractivity contribution < 1.29 is 9.53 Å². The predicted molar refractivity (Wildman–Crippen MR) is 55.1 cm³/mol. The minimum atomic E-state index is -0.518. The second kappa shape index (κ2) is 4.58. The Labute approximate surface area is 88.3 Å². The molecular weight excluding hydrogens is 192 g/mol. The van der Waals surface area contributed by atoms with Gasteiger partial charge < -0.3 is 10.5 Å². The Morgan fingerprint density at radius 2 is 2.27 bits per heavy atom. The van der Waals surface area contributed by atoms with E-state index < -0.39 is 5.97 Å². The number of benzene rings is 1. The van der Waals surface area contributed by atoms with E-state index in [9.17, 15) is 4.79 Å². The van der Waals surface area contributed by atoms with E-state index in [1.807, 2.05) is 6.07 Å². The van der Waals surface area contributed by atoms with Crippen molar-refractivity contribution in [3.63, 3.8) is 0 Å². The third-order valence-corrected chi connectivity index (χ3v) is 2.22. The van der Waals surface area contributed by atoms with Crippen LogP contribution in [0, 0.1) is 18.3 Å². The monoisotopic (exact) mass is 204 g/mol. The van der Waals surface area contributed by atoms with Crippen LogP contribution in [0.5, 0.6) is 0 Å². The van der Waals surface area contributed by atoms with Crippen molar-refractivity contribution in [1.82, 2.24) is 0 Å². The minimum Gasteiger partial charge on any atom is -0.465 e. The molecule has 78 valence electrons. The second-order valence-electron chi connectivity index (χ2n) is 3.10. The Bertz CT molecular complexity index is 433. The molecule has 4 heteroatoms. The highest BCUT2D eigenvalue weighted by atomic mass is 16.5. The van der Waals surface area contributed by atoms with Crippen LogP contribution in [-0.2, 0) is 11.3 Å². The van der Waals surface area contributed by atoms with Gasteiger partial charge in [-0.25, -0.2) is 4.79 Å². The molecule has 1 aromatic carbocycles. The Kier molecular flexibility index (Phi) is 3.42. The Morgan fingerprint density at radius 1 is 1.60 bits per heavy atom. The summed E-state index contributed by atoms with van der Waals surface area (Å²) in [5.41, 5.74) is 7.49. The molecule has 0 unspecified atom stereocenters. The number of rotatable bonds is 2. The van der Waals surface area contributed by atoms with Gasteiger partial charge in [-0.1, -0.05) is 12.1 Å². The summed E-state index contributed by atoms with van der Waals surface area (Å²) < 4.78 is 4.63. The lowest BCUT2D eigenvalue weighted by molar-refractivity contribution is 0.0599. The van der Waals surface area contributed by atoms with E-state index in [2.05, 4.69) is 4.74 Å². The first-order valence-electron chi connectivity index (χ1n) is 4.46. The van der Waals surface area contributed by atoms with Crippen LogP contribution in [0.4, 0.5) is 0 Å². The molecule has 0 fully saturated rings. The lowest BCUT2D eigenvalue weighted by Gasteiger charge is -2.09. The summed E-state index contributed by atoms with van der Waals surface area (Å²) in [6.45, 7) is 1.98. The summed E-state index contributed by atoms with van der Waals surface area (Å²) in [6.07, 6.45) is 0. The van der Waals surface area contributed by atoms with E-state index >= 15 is 0 Å². The van der Waals surface area contributed by atoms with E-state index in [1.165, 1.54) is 7.11 Å². The van der Waals surface area contributed by atoms with Crippen molar-refractivity contribution in [2.24, 2.45) is 5.73 Å². The highest BCUT2D eigenvalue weighted by Gasteiger charge is 2.17. The standard InChI is InChI=1S/C11H12N2O2/c1-7-3-4-8(5-12)10(9(7)6-13)11(14)15-2/h3-4H,5,12H2,1-2H3. The van der Waals surface area contributed by atoms with Gasteiger partial charge in [-0.2, -0.15) is 5.26 Å². The normalized spacial score (nSPS) is 9.47. The molecule has 0 aromatic heterocycles. The molecule has 0 radical (unpaired) electrons. The van der Waals surface area contributed by atoms with Crippen LogP contribution in [0.15, 0.2) is 12.1 Å². The molecule has 0 amide bonds. The van der Waals surface area contributed by atoms with Crippen molar-refractivity contribution in [3.8, 4) is 6.07 Å².